The molecule has 0 aromatic heterocycles. The lowest BCUT2D eigenvalue weighted by molar-refractivity contribution is -0.141. The van der Waals surface area contributed by atoms with Gasteiger partial charge in [-0.25, -0.2) is 4.39 Å². The van der Waals surface area contributed by atoms with Crippen LogP contribution in [0.5, 0.6) is 5.75 Å². The van der Waals surface area contributed by atoms with E-state index in [1.54, 1.807) is 36.4 Å². The van der Waals surface area contributed by atoms with E-state index in [1.807, 2.05) is 6.92 Å². The zero-order valence-electron chi connectivity index (χ0n) is 14.4. The van der Waals surface area contributed by atoms with Gasteiger partial charge in [0.15, 0.2) is 0 Å². The Morgan fingerprint density at radius 3 is 2.50 bits per heavy atom. The van der Waals surface area contributed by atoms with Crippen LogP contribution in [-0.2, 0) is 4.79 Å². The van der Waals surface area contributed by atoms with Gasteiger partial charge in [-0.3, -0.25) is 9.59 Å². The first kappa shape index (κ1) is 17.9. The van der Waals surface area contributed by atoms with Gasteiger partial charge in [0.05, 0.1) is 18.1 Å². The molecule has 0 radical (unpaired) electrons. The first-order chi connectivity index (χ1) is 12.5. The average molecular weight is 357 g/mol. The average Bonchev–Trinajstić information content (AvgIpc) is 3.08. The van der Waals surface area contributed by atoms with Gasteiger partial charge in [0.25, 0.3) is 5.91 Å². The van der Waals surface area contributed by atoms with E-state index in [2.05, 4.69) is 0 Å². The number of hydrogen-bond acceptors (Lipinski definition) is 3. The van der Waals surface area contributed by atoms with E-state index < -0.39 is 11.9 Å². The second-order valence-corrected chi connectivity index (χ2v) is 6.24. The summed E-state index contributed by atoms with van der Waals surface area (Å²) in [4.78, 5) is 26.2. The van der Waals surface area contributed by atoms with Crippen LogP contribution in [0.25, 0.3) is 0 Å². The molecular weight excluding hydrogens is 337 g/mol. The monoisotopic (exact) mass is 357 g/mol. The number of carboxylic acid groups (broad SMARTS) is 1. The highest BCUT2D eigenvalue weighted by atomic mass is 19.1. The Labute approximate surface area is 151 Å². The lowest BCUT2D eigenvalue weighted by atomic mass is 9.89. The molecule has 1 fully saturated rings. The largest absolute Gasteiger partial charge is 0.493 e. The van der Waals surface area contributed by atoms with Gasteiger partial charge in [0.2, 0.25) is 0 Å². The van der Waals surface area contributed by atoms with Gasteiger partial charge in [-0.15, -0.1) is 0 Å². The molecule has 0 aliphatic carbocycles. The Morgan fingerprint density at radius 2 is 1.85 bits per heavy atom. The quantitative estimate of drug-likeness (QED) is 0.893. The Hall–Kier alpha value is -2.89. The summed E-state index contributed by atoms with van der Waals surface area (Å²) in [5.41, 5.74) is 1.13. The summed E-state index contributed by atoms with van der Waals surface area (Å²) in [5, 5.41) is 9.57. The van der Waals surface area contributed by atoms with Crippen LogP contribution in [0.1, 0.15) is 28.8 Å². The molecule has 2 atom stereocenters. The highest BCUT2D eigenvalue weighted by molar-refractivity contribution is 5.97. The highest BCUT2D eigenvalue weighted by Gasteiger charge is 2.41. The maximum Gasteiger partial charge on any atom is 0.308 e. The van der Waals surface area contributed by atoms with E-state index in [1.165, 1.54) is 17.0 Å². The molecule has 2 aromatic carbocycles. The smallest absolute Gasteiger partial charge is 0.308 e. The minimum Gasteiger partial charge on any atom is -0.493 e. The molecule has 2 aromatic rings. The predicted octanol–water partition coefficient (Wildman–Crippen LogP) is 3.16. The summed E-state index contributed by atoms with van der Waals surface area (Å²) >= 11 is 0. The number of hydrogen-bond donors (Lipinski definition) is 1. The van der Waals surface area contributed by atoms with E-state index in [0.29, 0.717) is 23.5 Å². The third-order valence-corrected chi connectivity index (χ3v) is 4.64. The predicted molar refractivity (Wildman–Crippen MR) is 93.8 cm³/mol. The summed E-state index contributed by atoms with van der Waals surface area (Å²) in [5.74, 6) is -2.23. The number of para-hydroxylation sites is 1. The number of carbonyl (C=O) groups is 2. The SMILES string of the molecule is CCOc1ccccc1C(=O)N1C[C@@H](C(=O)O)[C@H](c2ccc(F)cc2)C1. The number of ether oxygens (including phenoxy) is 1. The van der Waals surface area contributed by atoms with Gasteiger partial charge in [-0.2, -0.15) is 0 Å². The Morgan fingerprint density at radius 1 is 1.15 bits per heavy atom. The van der Waals surface area contributed by atoms with Crippen molar-refractivity contribution in [1.29, 1.82) is 0 Å². The van der Waals surface area contributed by atoms with Crippen molar-refractivity contribution in [2.75, 3.05) is 19.7 Å². The van der Waals surface area contributed by atoms with Crippen molar-refractivity contribution in [3.63, 3.8) is 0 Å². The summed E-state index contributed by atoms with van der Waals surface area (Å²) in [6.07, 6.45) is 0. The Balaban J connectivity index is 1.87. The zero-order chi connectivity index (χ0) is 18.7. The maximum atomic E-state index is 13.2. The molecule has 5 nitrogen and oxygen atoms in total. The topological polar surface area (TPSA) is 66.8 Å². The summed E-state index contributed by atoms with van der Waals surface area (Å²) in [6.45, 7) is 2.64. The second kappa shape index (κ2) is 7.56. The number of rotatable bonds is 5. The van der Waals surface area contributed by atoms with Crippen LogP contribution in [0.15, 0.2) is 48.5 Å². The van der Waals surface area contributed by atoms with Crippen LogP contribution in [0.2, 0.25) is 0 Å². The Bertz CT molecular complexity index is 806. The maximum absolute atomic E-state index is 13.2. The molecule has 136 valence electrons. The normalized spacial score (nSPS) is 19.4. The van der Waals surface area contributed by atoms with E-state index >= 15 is 0 Å². The van der Waals surface area contributed by atoms with Crippen molar-refractivity contribution in [2.24, 2.45) is 5.92 Å². The molecule has 0 unspecified atom stereocenters. The van der Waals surface area contributed by atoms with Crippen LogP contribution in [0.3, 0.4) is 0 Å². The molecule has 1 aliphatic heterocycles. The summed E-state index contributed by atoms with van der Waals surface area (Å²) < 4.78 is 18.7. The number of benzene rings is 2. The first-order valence-corrected chi connectivity index (χ1v) is 8.50. The van der Waals surface area contributed by atoms with Gasteiger partial charge in [-0.1, -0.05) is 24.3 Å². The first-order valence-electron chi connectivity index (χ1n) is 8.50. The molecule has 1 amide bonds. The van der Waals surface area contributed by atoms with Gasteiger partial charge < -0.3 is 14.7 Å². The van der Waals surface area contributed by atoms with Gasteiger partial charge in [0.1, 0.15) is 11.6 Å². The number of amides is 1. The van der Waals surface area contributed by atoms with Crippen LogP contribution < -0.4 is 4.74 Å². The molecule has 0 saturated carbocycles. The van der Waals surface area contributed by atoms with E-state index in [-0.39, 0.29) is 30.7 Å². The lowest BCUT2D eigenvalue weighted by Crippen LogP contribution is -2.30. The van der Waals surface area contributed by atoms with Gasteiger partial charge in [-0.05, 0) is 36.8 Å². The molecule has 1 aliphatic rings. The van der Waals surface area contributed by atoms with Crippen LogP contribution >= 0.6 is 0 Å². The summed E-state index contributed by atoms with van der Waals surface area (Å²) in [6, 6.07) is 12.7. The van der Waals surface area contributed by atoms with Crippen LogP contribution in [-0.4, -0.2) is 41.6 Å². The summed E-state index contributed by atoms with van der Waals surface area (Å²) in [7, 11) is 0. The number of carboxylic acids is 1. The lowest BCUT2D eigenvalue weighted by Gasteiger charge is -2.18. The number of nitrogens with zero attached hydrogens (tertiary/aromatic N) is 1. The van der Waals surface area contributed by atoms with Gasteiger partial charge >= 0.3 is 5.97 Å². The van der Waals surface area contributed by atoms with Crippen molar-refractivity contribution in [1.82, 2.24) is 4.90 Å². The molecule has 1 saturated heterocycles. The third kappa shape index (κ3) is 3.54. The molecular formula is C20H20FNO4. The molecule has 0 spiro atoms. The highest BCUT2D eigenvalue weighted by Crippen LogP contribution is 2.34. The fourth-order valence-electron chi connectivity index (χ4n) is 3.36. The Kier molecular flexibility index (Phi) is 5.21. The van der Waals surface area contributed by atoms with E-state index in [9.17, 15) is 19.1 Å². The molecule has 26 heavy (non-hydrogen) atoms. The fraction of sp³-hybridized carbons (Fsp3) is 0.300. The fourth-order valence-corrected chi connectivity index (χ4v) is 3.36. The van der Waals surface area contributed by atoms with E-state index in [4.69, 9.17) is 4.74 Å². The molecule has 6 heteroatoms. The second-order valence-electron chi connectivity index (χ2n) is 6.24. The van der Waals surface area contributed by atoms with Crippen molar-refractivity contribution in [3.8, 4) is 5.75 Å². The number of carbonyl (C=O) groups excluding carboxylic acids is 1. The van der Waals surface area contributed by atoms with Crippen LogP contribution in [0, 0.1) is 11.7 Å². The van der Waals surface area contributed by atoms with Crippen molar-refractivity contribution < 1.29 is 23.8 Å². The number of aliphatic carboxylic acids is 1. The van der Waals surface area contributed by atoms with Gasteiger partial charge in [0, 0.05) is 19.0 Å². The molecule has 1 heterocycles. The minimum absolute atomic E-state index is 0.108. The van der Waals surface area contributed by atoms with Crippen molar-refractivity contribution >= 4 is 11.9 Å². The van der Waals surface area contributed by atoms with E-state index in [0.717, 1.165) is 0 Å². The zero-order valence-corrected chi connectivity index (χ0v) is 14.4. The molecule has 1 N–H and O–H groups in total. The minimum atomic E-state index is -0.965. The number of halogens is 1. The van der Waals surface area contributed by atoms with Crippen molar-refractivity contribution in [2.45, 2.75) is 12.8 Å². The van der Waals surface area contributed by atoms with Crippen LogP contribution in [0.4, 0.5) is 4.39 Å². The standard InChI is InChI=1S/C20H20FNO4/c1-2-26-18-6-4-3-5-15(18)19(23)22-11-16(17(12-22)20(24)25)13-7-9-14(21)10-8-13/h3-10,16-17H,2,11-12H2,1H3,(H,24,25)/t16-,17+/m0/s1. The molecule has 3 rings (SSSR count). The van der Waals surface area contributed by atoms with Crippen molar-refractivity contribution in [3.05, 3.63) is 65.5 Å². The molecule has 0 bridgehead atoms. The third-order valence-electron chi connectivity index (χ3n) is 4.64. The number of likely N-dealkylation sites (tertiary alicyclic amines) is 1.